The Kier molecular flexibility index (Phi) is 4.86. The minimum atomic E-state index is -0.261. The van der Waals surface area contributed by atoms with Crippen LogP contribution in [0.15, 0.2) is 24.3 Å². The number of halogens is 1. The maximum Gasteiger partial charge on any atom is 0.309 e. The Bertz CT molecular complexity index is 399. The number of benzene rings is 1. The van der Waals surface area contributed by atoms with E-state index in [4.69, 9.17) is 16.3 Å². The van der Waals surface area contributed by atoms with Crippen LogP contribution in [-0.2, 0) is 9.53 Å². The van der Waals surface area contributed by atoms with Crippen molar-refractivity contribution < 1.29 is 14.6 Å². The molecule has 0 aliphatic rings. The predicted molar refractivity (Wildman–Crippen MR) is 63.4 cm³/mol. The summed E-state index contributed by atoms with van der Waals surface area (Å²) < 4.78 is 4.77. The van der Waals surface area contributed by atoms with Gasteiger partial charge in [0, 0.05) is 0 Å². The molecule has 0 amide bonds. The van der Waals surface area contributed by atoms with Crippen LogP contribution in [0.2, 0.25) is 5.02 Å². The number of esters is 1. The molecule has 16 heavy (non-hydrogen) atoms. The number of phenolic OH excluding ortho intramolecular Hbond substituents is 1. The van der Waals surface area contributed by atoms with Gasteiger partial charge in [-0.2, -0.15) is 0 Å². The fourth-order valence-corrected chi connectivity index (χ4v) is 1.33. The number of hydrogen-bond donors (Lipinski definition) is 1. The van der Waals surface area contributed by atoms with Crippen LogP contribution in [-0.4, -0.2) is 17.7 Å². The minimum Gasteiger partial charge on any atom is -0.506 e. The second-order valence-electron chi connectivity index (χ2n) is 3.12. The average Bonchev–Trinajstić information content (AvgIpc) is 2.24. The lowest BCUT2D eigenvalue weighted by molar-refractivity contribution is -0.142. The summed E-state index contributed by atoms with van der Waals surface area (Å²) in [6, 6.07) is 4.84. The Morgan fingerprint density at radius 3 is 2.94 bits per heavy atom. The molecule has 0 aliphatic heterocycles. The van der Waals surface area contributed by atoms with Crippen molar-refractivity contribution >= 4 is 23.6 Å². The summed E-state index contributed by atoms with van der Waals surface area (Å²) in [6.07, 6.45) is 3.68. The molecule has 1 rings (SSSR count). The van der Waals surface area contributed by atoms with Gasteiger partial charge in [-0.15, -0.1) is 0 Å². The molecule has 3 nitrogen and oxygen atoms in total. The Labute approximate surface area is 99.3 Å². The number of carbonyl (C=O) groups is 1. The van der Waals surface area contributed by atoms with E-state index in [-0.39, 0.29) is 18.1 Å². The van der Waals surface area contributed by atoms with Gasteiger partial charge in [0.1, 0.15) is 5.75 Å². The molecular weight excluding hydrogens is 228 g/mol. The van der Waals surface area contributed by atoms with Crippen LogP contribution in [0, 0.1) is 0 Å². The molecule has 1 aromatic rings. The van der Waals surface area contributed by atoms with Crippen molar-refractivity contribution in [2.75, 3.05) is 6.61 Å². The molecule has 0 bridgehead atoms. The Morgan fingerprint density at radius 1 is 1.56 bits per heavy atom. The van der Waals surface area contributed by atoms with Gasteiger partial charge in [-0.25, -0.2) is 0 Å². The van der Waals surface area contributed by atoms with E-state index < -0.39 is 0 Å². The first-order valence-corrected chi connectivity index (χ1v) is 5.32. The normalized spacial score (nSPS) is 10.6. The molecule has 4 heteroatoms. The van der Waals surface area contributed by atoms with Crippen molar-refractivity contribution in [2.45, 2.75) is 13.3 Å². The van der Waals surface area contributed by atoms with E-state index in [0.717, 1.165) is 5.56 Å². The smallest absolute Gasteiger partial charge is 0.309 e. The quantitative estimate of drug-likeness (QED) is 0.823. The van der Waals surface area contributed by atoms with Crippen molar-refractivity contribution in [1.82, 2.24) is 0 Å². The van der Waals surface area contributed by atoms with Crippen LogP contribution >= 0.6 is 11.6 Å². The molecule has 1 N–H and O–H groups in total. The monoisotopic (exact) mass is 240 g/mol. The Hall–Kier alpha value is -1.48. The predicted octanol–water partition coefficient (Wildman–Crippen LogP) is 3.01. The zero-order valence-corrected chi connectivity index (χ0v) is 9.70. The third-order valence-electron chi connectivity index (χ3n) is 1.87. The molecular formula is C12H13ClO3. The number of phenols is 1. The third-order valence-corrected chi connectivity index (χ3v) is 2.17. The van der Waals surface area contributed by atoms with E-state index in [1.165, 1.54) is 6.07 Å². The van der Waals surface area contributed by atoms with Crippen molar-refractivity contribution in [2.24, 2.45) is 0 Å². The number of hydrogen-bond acceptors (Lipinski definition) is 3. The second-order valence-corrected chi connectivity index (χ2v) is 3.53. The highest BCUT2D eigenvalue weighted by Crippen LogP contribution is 2.24. The van der Waals surface area contributed by atoms with Crippen molar-refractivity contribution in [3.63, 3.8) is 0 Å². The number of aromatic hydroxyl groups is 1. The molecule has 0 aliphatic carbocycles. The highest BCUT2D eigenvalue weighted by molar-refractivity contribution is 6.32. The number of rotatable bonds is 4. The zero-order chi connectivity index (χ0) is 12.0. The fraction of sp³-hybridized carbons (Fsp3) is 0.250. The minimum absolute atomic E-state index is 0.0456. The van der Waals surface area contributed by atoms with E-state index in [0.29, 0.717) is 11.6 Å². The Morgan fingerprint density at radius 2 is 2.31 bits per heavy atom. The summed E-state index contributed by atoms with van der Waals surface area (Å²) in [5, 5.41) is 9.49. The topological polar surface area (TPSA) is 46.5 Å². The zero-order valence-electron chi connectivity index (χ0n) is 8.94. The van der Waals surface area contributed by atoms with E-state index >= 15 is 0 Å². The van der Waals surface area contributed by atoms with Gasteiger partial charge in [-0.1, -0.05) is 29.8 Å². The van der Waals surface area contributed by atoms with Gasteiger partial charge in [0.05, 0.1) is 18.1 Å². The van der Waals surface area contributed by atoms with Crippen molar-refractivity contribution in [3.8, 4) is 5.75 Å². The van der Waals surface area contributed by atoms with Crippen molar-refractivity contribution in [1.29, 1.82) is 0 Å². The van der Waals surface area contributed by atoms with Gasteiger partial charge in [0.25, 0.3) is 0 Å². The van der Waals surface area contributed by atoms with Crippen LogP contribution in [0.5, 0.6) is 5.75 Å². The Balaban J connectivity index is 2.56. The summed E-state index contributed by atoms with van der Waals surface area (Å²) in [6.45, 7) is 2.15. The summed E-state index contributed by atoms with van der Waals surface area (Å²) in [5.74, 6) is -0.215. The molecule has 0 unspecified atom stereocenters. The molecule has 0 saturated carbocycles. The summed E-state index contributed by atoms with van der Waals surface area (Å²) >= 11 is 5.73. The molecule has 0 spiro atoms. The average molecular weight is 241 g/mol. The van der Waals surface area contributed by atoms with Crippen LogP contribution in [0.25, 0.3) is 6.08 Å². The molecule has 0 fully saturated rings. The standard InChI is InChI=1S/C12H13ClO3/c1-2-16-12(15)5-3-4-9-6-7-11(14)10(13)8-9/h3-4,6-8,14H,2,5H2,1H3. The molecule has 0 heterocycles. The number of ether oxygens (including phenoxy) is 1. The molecule has 86 valence electrons. The molecule has 0 saturated heterocycles. The van der Waals surface area contributed by atoms with Gasteiger partial charge in [-0.3, -0.25) is 4.79 Å². The van der Waals surface area contributed by atoms with E-state index in [9.17, 15) is 9.90 Å². The summed E-state index contributed by atoms with van der Waals surface area (Å²) in [7, 11) is 0. The van der Waals surface area contributed by atoms with Crippen molar-refractivity contribution in [3.05, 3.63) is 34.9 Å². The van der Waals surface area contributed by atoms with Gasteiger partial charge in [0.15, 0.2) is 0 Å². The lowest BCUT2D eigenvalue weighted by Crippen LogP contribution is -2.01. The highest BCUT2D eigenvalue weighted by atomic mass is 35.5. The van der Waals surface area contributed by atoms with Gasteiger partial charge in [-0.05, 0) is 24.6 Å². The van der Waals surface area contributed by atoms with Gasteiger partial charge >= 0.3 is 5.97 Å². The summed E-state index contributed by atoms with van der Waals surface area (Å²) in [4.78, 5) is 11.0. The molecule has 0 atom stereocenters. The van der Waals surface area contributed by atoms with E-state index in [2.05, 4.69) is 0 Å². The maximum atomic E-state index is 11.0. The first kappa shape index (κ1) is 12.6. The molecule has 1 aromatic carbocycles. The van der Waals surface area contributed by atoms with E-state index in [1.807, 2.05) is 0 Å². The summed E-state index contributed by atoms with van der Waals surface area (Å²) in [5.41, 5.74) is 0.826. The van der Waals surface area contributed by atoms with E-state index in [1.54, 1.807) is 31.2 Å². The third kappa shape index (κ3) is 3.95. The molecule has 0 radical (unpaired) electrons. The van der Waals surface area contributed by atoms with Crippen LogP contribution in [0.3, 0.4) is 0 Å². The van der Waals surface area contributed by atoms with Crippen LogP contribution < -0.4 is 0 Å². The lowest BCUT2D eigenvalue weighted by Gasteiger charge is -1.99. The SMILES string of the molecule is CCOC(=O)CC=Cc1ccc(O)c(Cl)c1. The first-order valence-electron chi connectivity index (χ1n) is 4.94. The lowest BCUT2D eigenvalue weighted by atomic mass is 10.2. The van der Waals surface area contributed by atoms with Gasteiger partial charge < -0.3 is 9.84 Å². The van der Waals surface area contributed by atoms with Crippen LogP contribution in [0.1, 0.15) is 18.9 Å². The maximum absolute atomic E-state index is 11.0. The largest absolute Gasteiger partial charge is 0.506 e. The van der Waals surface area contributed by atoms with Gasteiger partial charge in [0.2, 0.25) is 0 Å². The first-order chi connectivity index (χ1) is 7.63. The molecule has 0 aromatic heterocycles. The second kappa shape index (κ2) is 6.18. The number of carbonyl (C=O) groups excluding carboxylic acids is 1. The highest BCUT2D eigenvalue weighted by Gasteiger charge is 1.99. The fourth-order valence-electron chi connectivity index (χ4n) is 1.14. The van der Waals surface area contributed by atoms with Crippen LogP contribution in [0.4, 0.5) is 0 Å².